The van der Waals surface area contributed by atoms with Crippen LogP contribution in [0, 0.1) is 12.7 Å². The number of aryl methyl sites for hydroxylation is 1. The lowest BCUT2D eigenvalue weighted by Gasteiger charge is -2.12. The van der Waals surface area contributed by atoms with E-state index < -0.39 is 15.8 Å². The number of hydrogen-bond acceptors (Lipinski definition) is 4. The number of pyridine rings is 1. The second-order valence-corrected chi connectivity index (χ2v) is 6.07. The maximum absolute atomic E-state index is 13.7. The van der Waals surface area contributed by atoms with Crippen LogP contribution in [0.4, 0.5) is 15.8 Å². The first kappa shape index (κ1) is 15.2. The Bertz CT molecular complexity index is 748. The van der Waals surface area contributed by atoms with Gasteiger partial charge in [0, 0.05) is 12.7 Å². The Morgan fingerprint density at radius 3 is 2.71 bits per heavy atom. The molecule has 2 rings (SSSR count). The number of anilines is 2. The van der Waals surface area contributed by atoms with Crippen LogP contribution in [0.5, 0.6) is 0 Å². The number of aromatic nitrogens is 1. The molecule has 5 nitrogen and oxygen atoms in total. The molecule has 2 aromatic rings. The van der Waals surface area contributed by atoms with Crippen LogP contribution in [0.15, 0.2) is 41.6 Å². The molecule has 0 saturated carbocycles. The number of hydrogen-bond donors (Lipinski definition) is 2. The lowest BCUT2D eigenvalue weighted by atomic mass is 10.2. The lowest BCUT2D eigenvalue weighted by molar-refractivity contribution is 0.595. The zero-order chi connectivity index (χ0) is 15.5. The molecular formula is C14H16FN3O2S. The molecule has 1 heterocycles. The zero-order valence-corrected chi connectivity index (χ0v) is 12.5. The third kappa shape index (κ3) is 3.49. The van der Waals surface area contributed by atoms with Gasteiger partial charge in [-0.2, -0.15) is 8.42 Å². The highest BCUT2D eigenvalue weighted by molar-refractivity contribution is 7.92. The topological polar surface area (TPSA) is 71.1 Å². The fraction of sp³-hybridized carbons (Fsp3) is 0.214. The molecule has 0 fully saturated rings. The van der Waals surface area contributed by atoms with Gasteiger partial charge in [-0.25, -0.2) is 9.37 Å². The Morgan fingerprint density at radius 2 is 2.00 bits per heavy atom. The molecule has 0 aliphatic carbocycles. The van der Waals surface area contributed by atoms with Crippen molar-refractivity contribution in [3.8, 4) is 0 Å². The summed E-state index contributed by atoms with van der Waals surface area (Å²) in [5, 5.41) is 2.76. The van der Waals surface area contributed by atoms with Crippen LogP contribution in [0.2, 0.25) is 0 Å². The molecule has 21 heavy (non-hydrogen) atoms. The standard InChI is InChI=1S/C14H16FN3O2S/c1-3-16-12-5-4-8-17-14(12)21(19,20)18-13-9-10(2)6-7-11(13)15/h4-9,16,18H,3H2,1-2H3. The first-order valence-corrected chi connectivity index (χ1v) is 7.90. The van der Waals surface area contributed by atoms with Gasteiger partial charge in [0.05, 0.1) is 11.4 Å². The van der Waals surface area contributed by atoms with Crippen molar-refractivity contribution in [3.63, 3.8) is 0 Å². The third-order valence-electron chi connectivity index (χ3n) is 2.76. The van der Waals surface area contributed by atoms with Crippen LogP contribution in [0.3, 0.4) is 0 Å². The fourth-order valence-corrected chi connectivity index (χ4v) is 3.01. The van der Waals surface area contributed by atoms with Gasteiger partial charge in [0.2, 0.25) is 0 Å². The van der Waals surface area contributed by atoms with Crippen molar-refractivity contribution >= 4 is 21.4 Å². The average Bonchev–Trinajstić information content (AvgIpc) is 2.43. The smallest absolute Gasteiger partial charge is 0.281 e. The summed E-state index contributed by atoms with van der Waals surface area (Å²) < 4.78 is 40.7. The normalized spacial score (nSPS) is 11.2. The monoisotopic (exact) mass is 309 g/mol. The van der Waals surface area contributed by atoms with E-state index in [0.29, 0.717) is 12.2 Å². The SMILES string of the molecule is CCNc1cccnc1S(=O)(=O)Nc1cc(C)ccc1F. The van der Waals surface area contributed by atoms with Crippen molar-refractivity contribution in [2.24, 2.45) is 0 Å². The van der Waals surface area contributed by atoms with Crippen molar-refractivity contribution in [2.45, 2.75) is 18.9 Å². The van der Waals surface area contributed by atoms with Crippen LogP contribution in [0.25, 0.3) is 0 Å². The third-order valence-corrected chi connectivity index (χ3v) is 4.08. The Hall–Kier alpha value is -2.15. The van der Waals surface area contributed by atoms with Gasteiger partial charge in [-0.15, -0.1) is 0 Å². The molecule has 1 aromatic heterocycles. The molecule has 0 spiro atoms. The van der Waals surface area contributed by atoms with Crippen LogP contribution >= 0.6 is 0 Å². The van der Waals surface area contributed by atoms with E-state index >= 15 is 0 Å². The van der Waals surface area contributed by atoms with E-state index in [2.05, 4.69) is 15.0 Å². The van der Waals surface area contributed by atoms with E-state index in [1.807, 2.05) is 6.92 Å². The molecule has 1 aromatic carbocycles. The molecule has 0 aliphatic heterocycles. The van der Waals surface area contributed by atoms with Crippen molar-refractivity contribution in [1.82, 2.24) is 4.98 Å². The number of halogens is 1. The number of rotatable bonds is 5. The molecular weight excluding hydrogens is 293 g/mol. The number of sulfonamides is 1. The van der Waals surface area contributed by atoms with Gasteiger partial charge >= 0.3 is 0 Å². The van der Waals surface area contributed by atoms with E-state index in [1.54, 1.807) is 25.1 Å². The molecule has 0 atom stereocenters. The van der Waals surface area contributed by atoms with Crippen LogP contribution in [-0.2, 0) is 10.0 Å². The summed E-state index contributed by atoms with van der Waals surface area (Å²) in [6.45, 7) is 4.14. The Morgan fingerprint density at radius 1 is 1.24 bits per heavy atom. The van der Waals surface area contributed by atoms with Gasteiger partial charge in [-0.05, 0) is 43.7 Å². The Labute approximate surface area is 123 Å². The summed E-state index contributed by atoms with van der Waals surface area (Å²) in [7, 11) is -3.97. The van der Waals surface area contributed by atoms with Gasteiger partial charge in [-0.1, -0.05) is 6.07 Å². The summed E-state index contributed by atoms with van der Waals surface area (Å²) in [5.41, 5.74) is 1.03. The summed E-state index contributed by atoms with van der Waals surface area (Å²) in [5.74, 6) is -0.634. The predicted molar refractivity (Wildman–Crippen MR) is 80.3 cm³/mol. The van der Waals surface area contributed by atoms with E-state index in [4.69, 9.17) is 0 Å². The van der Waals surface area contributed by atoms with E-state index in [0.717, 1.165) is 5.56 Å². The minimum atomic E-state index is -3.97. The van der Waals surface area contributed by atoms with E-state index in [9.17, 15) is 12.8 Å². The van der Waals surface area contributed by atoms with Gasteiger partial charge in [0.1, 0.15) is 5.82 Å². The maximum atomic E-state index is 13.7. The fourth-order valence-electron chi connectivity index (χ4n) is 1.84. The van der Waals surface area contributed by atoms with Gasteiger partial charge < -0.3 is 5.32 Å². The molecule has 112 valence electrons. The minimum Gasteiger partial charge on any atom is -0.383 e. The van der Waals surface area contributed by atoms with Crippen molar-refractivity contribution in [2.75, 3.05) is 16.6 Å². The second kappa shape index (κ2) is 6.09. The van der Waals surface area contributed by atoms with Gasteiger partial charge in [0.25, 0.3) is 10.0 Å². The van der Waals surface area contributed by atoms with Crippen molar-refractivity contribution in [3.05, 3.63) is 47.9 Å². The first-order valence-electron chi connectivity index (χ1n) is 6.42. The highest BCUT2D eigenvalue weighted by Crippen LogP contribution is 2.23. The molecule has 0 saturated heterocycles. The van der Waals surface area contributed by atoms with Gasteiger partial charge in [0.15, 0.2) is 5.03 Å². The molecule has 7 heteroatoms. The minimum absolute atomic E-state index is 0.0944. The molecule has 0 amide bonds. The first-order chi connectivity index (χ1) is 9.94. The predicted octanol–water partition coefficient (Wildman–Crippen LogP) is 2.76. The van der Waals surface area contributed by atoms with Gasteiger partial charge in [-0.3, -0.25) is 4.72 Å². The number of nitrogens with zero attached hydrogens (tertiary/aromatic N) is 1. The summed E-state index contributed by atoms with van der Waals surface area (Å²) >= 11 is 0. The Balaban J connectivity index is 2.41. The van der Waals surface area contributed by atoms with E-state index in [1.165, 1.54) is 18.3 Å². The molecule has 0 aliphatic rings. The molecule has 0 bridgehead atoms. The maximum Gasteiger partial charge on any atom is 0.281 e. The lowest BCUT2D eigenvalue weighted by Crippen LogP contribution is -2.17. The largest absolute Gasteiger partial charge is 0.383 e. The van der Waals surface area contributed by atoms with E-state index in [-0.39, 0.29) is 10.7 Å². The molecule has 0 unspecified atom stereocenters. The number of benzene rings is 1. The van der Waals surface area contributed by atoms with Crippen LogP contribution in [0.1, 0.15) is 12.5 Å². The van der Waals surface area contributed by atoms with Crippen LogP contribution in [-0.4, -0.2) is 19.9 Å². The Kier molecular flexibility index (Phi) is 4.42. The zero-order valence-electron chi connectivity index (χ0n) is 11.7. The summed E-state index contributed by atoms with van der Waals surface area (Å²) in [6, 6.07) is 7.46. The van der Waals surface area contributed by atoms with Crippen molar-refractivity contribution in [1.29, 1.82) is 0 Å². The molecule has 2 N–H and O–H groups in total. The highest BCUT2D eigenvalue weighted by Gasteiger charge is 2.21. The highest BCUT2D eigenvalue weighted by atomic mass is 32.2. The summed E-state index contributed by atoms with van der Waals surface area (Å²) in [6.07, 6.45) is 1.38. The van der Waals surface area contributed by atoms with Crippen molar-refractivity contribution < 1.29 is 12.8 Å². The average molecular weight is 309 g/mol. The van der Waals surface area contributed by atoms with Crippen LogP contribution < -0.4 is 10.0 Å². The quantitative estimate of drug-likeness (QED) is 0.891. The second-order valence-electron chi connectivity index (χ2n) is 4.48. The number of nitrogens with one attached hydrogen (secondary N) is 2. The summed E-state index contributed by atoms with van der Waals surface area (Å²) in [4.78, 5) is 3.88. The molecule has 0 radical (unpaired) electrons.